The van der Waals surface area contributed by atoms with Crippen molar-refractivity contribution in [1.82, 2.24) is 0 Å². The summed E-state index contributed by atoms with van der Waals surface area (Å²) in [6, 6.07) is 0. The molecule has 0 spiro atoms. The van der Waals surface area contributed by atoms with Crippen LogP contribution in [-0.2, 0) is 28.6 Å². The van der Waals surface area contributed by atoms with Crippen LogP contribution in [0.5, 0.6) is 0 Å². The number of carbonyl (C=O) groups is 3. The molecule has 0 rings (SSSR count). The Hall–Kier alpha value is -1.59. The SMILES string of the molecule is CCC(C)CCCCCCCCCCC(=O)O[C@@H](COC(=O)CCCCCCCCCCCCCCCCC(C)C)COC(=O)CCCCCCCCCCCCCCCC(C)C. The van der Waals surface area contributed by atoms with Gasteiger partial charge < -0.3 is 14.2 Å². The normalized spacial score (nSPS) is 12.6. The summed E-state index contributed by atoms with van der Waals surface area (Å²) in [5.74, 6) is 1.68. The predicted molar refractivity (Wildman–Crippen MR) is 270 cm³/mol. The van der Waals surface area contributed by atoms with E-state index in [2.05, 4.69) is 41.5 Å². The van der Waals surface area contributed by atoms with Gasteiger partial charge in [0.2, 0.25) is 0 Å². The molecule has 0 aromatic rings. The molecular formula is C57H110O6. The summed E-state index contributed by atoms with van der Waals surface area (Å²) in [4.78, 5) is 38.1. The lowest BCUT2D eigenvalue weighted by molar-refractivity contribution is -0.167. The van der Waals surface area contributed by atoms with Crippen molar-refractivity contribution in [2.24, 2.45) is 17.8 Å². The minimum atomic E-state index is -0.764. The van der Waals surface area contributed by atoms with Crippen LogP contribution < -0.4 is 0 Å². The maximum absolute atomic E-state index is 12.8. The van der Waals surface area contributed by atoms with Crippen LogP contribution >= 0.6 is 0 Å². The van der Waals surface area contributed by atoms with Crippen molar-refractivity contribution in [3.8, 4) is 0 Å². The van der Waals surface area contributed by atoms with Gasteiger partial charge in [-0.1, -0.05) is 273 Å². The maximum atomic E-state index is 12.8. The first kappa shape index (κ1) is 61.4. The maximum Gasteiger partial charge on any atom is 0.306 e. The summed E-state index contributed by atoms with van der Waals surface area (Å²) in [6.45, 7) is 13.8. The van der Waals surface area contributed by atoms with Gasteiger partial charge in [0.05, 0.1) is 0 Å². The van der Waals surface area contributed by atoms with E-state index < -0.39 is 6.10 Å². The second-order valence-electron chi connectivity index (χ2n) is 20.8. The minimum Gasteiger partial charge on any atom is -0.462 e. The summed E-state index contributed by atoms with van der Waals surface area (Å²) in [5.41, 5.74) is 0. The Morgan fingerprint density at radius 3 is 0.825 bits per heavy atom. The molecule has 374 valence electrons. The highest BCUT2D eigenvalue weighted by atomic mass is 16.6. The zero-order valence-electron chi connectivity index (χ0n) is 43.4. The van der Waals surface area contributed by atoms with E-state index in [4.69, 9.17) is 14.2 Å². The van der Waals surface area contributed by atoms with Gasteiger partial charge in [0.25, 0.3) is 0 Å². The fourth-order valence-corrected chi connectivity index (χ4v) is 8.61. The lowest BCUT2D eigenvalue weighted by atomic mass is 9.99. The van der Waals surface area contributed by atoms with Crippen LogP contribution in [0.25, 0.3) is 0 Å². The molecule has 0 fully saturated rings. The molecule has 63 heavy (non-hydrogen) atoms. The van der Waals surface area contributed by atoms with Crippen molar-refractivity contribution < 1.29 is 28.6 Å². The van der Waals surface area contributed by atoms with Crippen LogP contribution in [-0.4, -0.2) is 37.2 Å². The zero-order chi connectivity index (χ0) is 46.3. The molecule has 0 bridgehead atoms. The molecular weight excluding hydrogens is 781 g/mol. The Bertz CT molecular complexity index is 978. The Kier molecular flexibility index (Phi) is 47.1. The number of carbonyl (C=O) groups excluding carboxylic acids is 3. The number of unbranched alkanes of at least 4 members (excludes halogenated alkanes) is 32. The largest absolute Gasteiger partial charge is 0.462 e. The first-order valence-corrected chi connectivity index (χ1v) is 28.1. The topological polar surface area (TPSA) is 78.9 Å². The standard InChI is InChI=1S/C57H110O6/c1-7-53(6)45-39-33-27-23-24-30-36-42-48-57(60)63-54(50-62-56(59)47-41-35-29-22-18-14-10-12-16-20-26-32-38-44-52(4)5)49-61-55(58)46-40-34-28-21-17-13-9-8-11-15-19-25-31-37-43-51(2)3/h51-54H,7-50H2,1-6H3/t53?,54-/m0/s1. The highest BCUT2D eigenvalue weighted by Crippen LogP contribution is 2.18. The zero-order valence-corrected chi connectivity index (χ0v) is 43.4. The first-order chi connectivity index (χ1) is 30.6. The Morgan fingerprint density at radius 2 is 0.556 bits per heavy atom. The molecule has 0 N–H and O–H groups in total. The molecule has 0 saturated carbocycles. The second-order valence-corrected chi connectivity index (χ2v) is 20.8. The third kappa shape index (κ3) is 49.7. The van der Waals surface area contributed by atoms with E-state index in [1.165, 1.54) is 193 Å². The smallest absolute Gasteiger partial charge is 0.306 e. The van der Waals surface area contributed by atoms with E-state index in [0.29, 0.717) is 19.3 Å². The van der Waals surface area contributed by atoms with Gasteiger partial charge in [-0.15, -0.1) is 0 Å². The molecule has 6 heteroatoms. The molecule has 0 aliphatic carbocycles. The second kappa shape index (κ2) is 48.3. The number of ether oxygens (including phenoxy) is 3. The third-order valence-corrected chi connectivity index (χ3v) is 13.3. The van der Waals surface area contributed by atoms with E-state index in [-0.39, 0.29) is 31.1 Å². The molecule has 2 atom stereocenters. The van der Waals surface area contributed by atoms with Crippen LogP contribution in [0.1, 0.15) is 311 Å². The van der Waals surface area contributed by atoms with Gasteiger partial charge in [-0.25, -0.2) is 0 Å². The average molecular weight is 892 g/mol. The van der Waals surface area contributed by atoms with Crippen molar-refractivity contribution >= 4 is 17.9 Å². The fourth-order valence-electron chi connectivity index (χ4n) is 8.61. The lowest BCUT2D eigenvalue weighted by Gasteiger charge is -2.18. The van der Waals surface area contributed by atoms with Crippen molar-refractivity contribution in [1.29, 1.82) is 0 Å². The molecule has 0 aliphatic rings. The number of hydrogen-bond donors (Lipinski definition) is 0. The van der Waals surface area contributed by atoms with Crippen LogP contribution in [0, 0.1) is 17.8 Å². The molecule has 0 heterocycles. The van der Waals surface area contributed by atoms with Gasteiger partial charge >= 0.3 is 17.9 Å². The fraction of sp³-hybridized carbons (Fsp3) is 0.947. The highest BCUT2D eigenvalue weighted by molar-refractivity contribution is 5.71. The number of esters is 3. The van der Waals surface area contributed by atoms with Gasteiger partial charge in [0, 0.05) is 19.3 Å². The van der Waals surface area contributed by atoms with Gasteiger partial charge in [0.1, 0.15) is 13.2 Å². The molecule has 0 radical (unpaired) electrons. The van der Waals surface area contributed by atoms with Gasteiger partial charge in [-0.05, 0) is 37.0 Å². The van der Waals surface area contributed by atoms with E-state index >= 15 is 0 Å². The Labute approximate surface area is 393 Å². The summed E-state index contributed by atoms with van der Waals surface area (Å²) >= 11 is 0. The lowest BCUT2D eigenvalue weighted by Crippen LogP contribution is -2.30. The van der Waals surface area contributed by atoms with Crippen molar-refractivity contribution in [2.45, 2.75) is 317 Å². The molecule has 0 saturated heterocycles. The van der Waals surface area contributed by atoms with E-state index in [9.17, 15) is 14.4 Å². The number of rotatable bonds is 50. The molecule has 0 aromatic heterocycles. The quantitative estimate of drug-likeness (QED) is 0.0344. The van der Waals surface area contributed by atoms with Crippen LogP contribution in [0.2, 0.25) is 0 Å². The van der Waals surface area contributed by atoms with Gasteiger partial charge in [-0.2, -0.15) is 0 Å². The molecule has 0 aromatic carbocycles. The molecule has 0 aliphatic heterocycles. The highest BCUT2D eigenvalue weighted by Gasteiger charge is 2.19. The van der Waals surface area contributed by atoms with E-state index in [1.54, 1.807) is 0 Å². The average Bonchev–Trinajstić information content (AvgIpc) is 3.25. The van der Waals surface area contributed by atoms with Gasteiger partial charge in [0.15, 0.2) is 6.10 Å². The predicted octanol–water partition coefficient (Wildman–Crippen LogP) is 18.3. The van der Waals surface area contributed by atoms with Crippen LogP contribution in [0.3, 0.4) is 0 Å². The van der Waals surface area contributed by atoms with Crippen molar-refractivity contribution in [3.05, 3.63) is 0 Å². The monoisotopic (exact) mass is 891 g/mol. The molecule has 6 nitrogen and oxygen atoms in total. The van der Waals surface area contributed by atoms with E-state index in [0.717, 1.165) is 75.5 Å². The summed E-state index contributed by atoms with van der Waals surface area (Å²) in [7, 11) is 0. The van der Waals surface area contributed by atoms with Crippen molar-refractivity contribution in [3.63, 3.8) is 0 Å². The first-order valence-electron chi connectivity index (χ1n) is 28.1. The molecule has 1 unspecified atom stereocenters. The summed E-state index contributed by atoms with van der Waals surface area (Å²) in [6.07, 6.45) is 49.4. The van der Waals surface area contributed by atoms with Crippen molar-refractivity contribution in [2.75, 3.05) is 13.2 Å². The summed E-state index contributed by atoms with van der Waals surface area (Å²) < 4.78 is 16.9. The van der Waals surface area contributed by atoms with Crippen LogP contribution in [0.4, 0.5) is 0 Å². The minimum absolute atomic E-state index is 0.0642. The molecule has 0 amide bonds. The van der Waals surface area contributed by atoms with Crippen LogP contribution in [0.15, 0.2) is 0 Å². The Morgan fingerprint density at radius 1 is 0.317 bits per heavy atom. The number of hydrogen-bond acceptors (Lipinski definition) is 6. The Balaban J connectivity index is 4.29. The van der Waals surface area contributed by atoms with E-state index in [1.807, 2.05) is 0 Å². The third-order valence-electron chi connectivity index (χ3n) is 13.3. The van der Waals surface area contributed by atoms with Gasteiger partial charge in [-0.3, -0.25) is 14.4 Å². The summed E-state index contributed by atoms with van der Waals surface area (Å²) in [5, 5.41) is 0.